The average molecular weight is 350 g/mol. The molecule has 1 aromatic carbocycles. The molecule has 1 aromatic rings. The van der Waals surface area contributed by atoms with Crippen LogP contribution in [0.3, 0.4) is 0 Å². The SMILES string of the molecule is CCS(=O)(=O)CC(C)NC(=O)CSCc1ccc(Cl)cc1. The number of benzene rings is 1. The van der Waals surface area contributed by atoms with Crippen LogP contribution in [0.4, 0.5) is 0 Å². The first kappa shape index (κ1) is 18.3. The molecule has 0 aliphatic heterocycles. The van der Waals surface area contributed by atoms with Gasteiger partial charge in [-0.05, 0) is 24.6 Å². The number of carbonyl (C=O) groups is 1. The molecule has 1 amide bonds. The molecule has 21 heavy (non-hydrogen) atoms. The van der Waals surface area contributed by atoms with Gasteiger partial charge in [-0.1, -0.05) is 30.7 Å². The van der Waals surface area contributed by atoms with Crippen LogP contribution in [-0.4, -0.2) is 37.6 Å². The summed E-state index contributed by atoms with van der Waals surface area (Å²) in [5, 5.41) is 3.39. The van der Waals surface area contributed by atoms with Crippen molar-refractivity contribution in [2.24, 2.45) is 0 Å². The zero-order valence-electron chi connectivity index (χ0n) is 12.1. The summed E-state index contributed by atoms with van der Waals surface area (Å²) in [6.45, 7) is 3.31. The van der Waals surface area contributed by atoms with Crippen LogP contribution in [0.15, 0.2) is 24.3 Å². The summed E-state index contributed by atoms with van der Waals surface area (Å²) >= 11 is 7.28. The number of hydrogen-bond donors (Lipinski definition) is 1. The molecular weight excluding hydrogens is 330 g/mol. The number of sulfone groups is 1. The third-order valence-electron chi connectivity index (χ3n) is 2.77. The predicted octanol–water partition coefficient (Wildman–Crippen LogP) is 2.51. The van der Waals surface area contributed by atoms with Gasteiger partial charge in [-0.25, -0.2) is 8.42 Å². The van der Waals surface area contributed by atoms with E-state index in [0.29, 0.717) is 16.5 Å². The van der Waals surface area contributed by atoms with Gasteiger partial charge in [0, 0.05) is 22.6 Å². The molecule has 1 rings (SSSR count). The maximum atomic E-state index is 11.7. The van der Waals surface area contributed by atoms with Gasteiger partial charge >= 0.3 is 0 Å². The highest BCUT2D eigenvalue weighted by Crippen LogP contribution is 2.15. The van der Waals surface area contributed by atoms with Crippen molar-refractivity contribution in [2.45, 2.75) is 25.6 Å². The Balaban J connectivity index is 2.29. The summed E-state index contributed by atoms with van der Waals surface area (Å²) in [5.41, 5.74) is 1.10. The van der Waals surface area contributed by atoms with E-state index in [1.54, 1.807) is 13.8 Å². The van der Waals surface area contributed by atoms with Crippen molar-refractivity contribution in [1.29, 1.82) is 0 Å². The van der Waals surface area contributed by atoms with Gasteiger partial charge in [0.2, 0.25) is 5.91 Å². The molecule has 118 valence electrons. The Morgan fingerprint density at radius 3 is 2.52 bits per heavy atom. The molecule has 0 fully saturated rings. The van der Waals surface area contributed by atoms with Gasteiger partial charge in [0.25, 0.3) is 0 Å². The second kappa shape index (κ2) is 8.66. The molecule has 0 saturated heterocycles. The molecule has 4 nitrogen and oxygen atoms in total. The fraction of sp³-hybridized carbons (Fsp3) is 0.500. The predicted molar refractivity (Wildman–Crippen MR) is 89.5 cm³/mol. The van der Waals surface area contributed by atoms with Crippen molar-refractivity contribution >= 4 is 39.1 Å². The number of amides is 1. The summed E-state index contributed by atoms with van der Waals surface area (Å²) in [6.07, 6.45) is 0. The third-order valence-corrected chi connectivity index (χ3v) is 5.91. The minimum absolute atomic E-state index is 0.0168. The Labute approximate surface area is 135 Å². The summed E-state index contributed by atoms with van der Waals surface area (Å²) in [6, 6.07) is 7.11. The molecule has 0 radical (unpaired) electrons. The van der Waals surface area contributed by atoms with Crippen LogP contribution in [0.25, 0.3) is 0 Å². The number of thioether (sulfide) groups is 1. The molecule has 0 aliphatic carbocycles. The lowest BCUT2D eigenvalue weighted by atomic mass is 10.2. The van der Waals surface area contributed by atoms with E-state index in [2.05, 4.69) is 5.32 Å². The van der Waals surface area contributed by atoms with Crippen molar-refractivity contribution < 1.29 is 13.2 Å². The smallest absolute Gasteiger partial charge is 0.230 e. The van der Waals surface area contributed by atoms with Gasteiger partial charge in [-0.15, -0.1) is 11.8 Å². The van der Waals surface area contributed by atoms with E-state index in [1.807, 2.05) is 24.3 Å². The largest absolute Gasteiger partial charge is 0.352 e. The Bertz CT molecular complexity index is 558. The average Bonchev–Trinajstić information content (AvgIpc) is 2.40. The highest BCUT2D eigenvalue weighted by Gasteiger charge is 2.15. The zero-order chi connectivity index (χ0) is 15.9. The van der Waals surface area contributed by atoms with Crippen LogP contribution < -0.4 is 5.32 Å². The van der Waals surface area contributed by atoms with Crippen LogP contribution >= 0.6 is 23.4 Å². The summed E-state index contributed by atoms with van der Waals surface area (Å²) < 4.78 is 22.9. The van der Waals surface area contributed by atoms with Gasteiger partial charge in [0.05, 0.1) is 11.5 Å². The lowest BCUT2D eigenvalue weighted by molar-refractivity contribution is -0.119. The number of halogens is 1. The minimum atomic E-state index is -3.07. The van der Waals surface area contributed by atoms with E-state index in [0.717, 1.165) is 5.56 Å². The summed E-state index contributed by atoms with van der Waals surface area (Å²) in [4.78, 5) is 11.7. The molecule has 1 atom stereocenters. The Morgan fingerprint density at radius 1 is 1.33 bits per heavy atom. The Kier molecular flexibility index (Phi) is 7.56. The fourth-order valence-corrected chi connectivity index (χ4v) is 3.70. The van der Waals surface area contributed by atoms with E-state index < -0.39 is 9.84 Å². The first-order valence-electron chi connectivity index (χ1n) is 6.64. The maximum absolute atomic E-state index is 11.7. The van der Waals surface area contributed by atoms with E-state index in [9.17, 15) is 13.2 Å². The Morgan fingerprint density at radius 2 is 1.95 bits per heavy atom. The normalized spacial score (nSPS) is 12.9. The van der Waals surface area contributed by atoms with Crippen molar-refractivity contribution in [2.75, 3.05) is 17.3 Å². The van der Waals surface area contributed by atoms with Crippen LogP contribution in [0, 0.1) is 0 Å². The van der Waals surface area contributed by atoms with Crippen LogP contribution in [0.5, 0.6) is 0 Å². The third kappa shape index (κ3) is 7.74. The molecule has 0 saturated carbocycles. The molecule has 0 heterocycles. The van der Waals surface area contributed by atoms with Crippen molar-refractivity contribution in [3.05, 3.63) is 34.9 Å². The first-order valence-corrected chi connectivity index (χ1v) is 10.00. The molecule has 1 unspecified atom stereocenters. The fourth-order valence-electron chi connectivity index (χ4n) is 1.70. The standard InChI is InChI=1S/C14H20ClNO3S2/c1-3-21(18,19)10-11(2)16-14(17)9-20-8-12-4-6-13(15)7-5-12/h4-7,11H,3,8-10H2,1-2H3,(H,16,17). The van der Waals surface area contributed by atoms with Crippen LogP contribution in [-0.2, 0) is 20.4 Å². The second-order valence-corrected chi connectivity index (χ2v) is 8.61. The van der Waals surface area contributed by atoms with Gasteiger partial charge in [0.1, 0.15) is 0 Å². The minimum Gasteiger partial charge on any atom is -0.352 e. The lowest BCUT2D eigenvalue weighted by Gasteiger charge is -2.13. The number of hydrogen-bond acceptors (Lipinski definition) is 4. The van der Waals surface area contributed by atoms with Crippen molar-refractivity contribution in [1.82, 2.24) is 5.32 Å². The van der Waals surface area contributed by atoms with Gasteiger partial charge in [-0.2, -0.15) is 0 Å². The van der Waals surface area contributed by atoms with E-state index in [4.69, 9.17) is 11.6 Å². The molecule has 0 spiro atoms. The highest BCUT2D eigenvalue weighted by atomic mass is 35.5. The summed E-state index contributed by atoms with van der Waals surface area (Å²) in [5.74, 6) is 0.953. The van der Waals surface area contributed by atoms with Gasteiger partial charge in [-0.3, -0.25) is 4.79 Å². The lowest BCUT2D eigenvalue weighted by Crippen LogP contribution is -2.38. The Hall–Kier alpha value is -0.720. The number of nitrogens with one attached hydrogen (secondary N) is 1. The van der Waals surface area contributed by atoms with Crippen molar-refractivity contribution in [3.8, 4) is 0 Å². The second-order valence-electron chi connectivity index (χ2n) is 4.79. The first-order chi connectivity index (χ1) is 9.82. The highest BCUT2D eigenvalue weighted by molar-refractivity contribution is 7.99. The van der Waals surface area contributed by atoms with Crippen LogP contribution in [0.1, 0.15) is 19.4 Å². The molecular formula is C14H20ClNO3S2. The van der Waals surface area contributed by atoms with Gasteiger partial charge in [0.15, 0.2) is 9.84 Å². The topological polar surface area (TPSA) is 63.2 Å². The molecule has 0 aromatic heterocycles. The quantitative estimate of drug-likeness (QED) is 0.783. The zero-order valence-corrected chi connectivity index (χ0v) is 14.5. The molecule has 0 aliphatic rings. The summed E-state index contributed by atoms with van der Waals surface area (Å²) in [7, 11) is -3.07. The maximum Gasteiger partial charge on any atom is 0.230 e. The van der Waals surface area contributed by atoms with Crippen LogP contribution in [0.2, 0.25) is 5.02 Å². The van der Waals surface area contributed by atoms with E-state index in [1.165, 1.54) is 11.8 Å². The monoisotopic (exact) mass is 349 g/mol. The van der Waals surface area contributed by atoms with Crippen molar-refractivity contribution in [3.63, 3.8) is 0 Å². The molecule has 7 heteroatoms. The number of carbonyl (C=O) groups excluding carboxylic acids is 1. The van der Waals surface area contributed by atoms with E-state index >= 15 is 0 Å². The molecule has 1 N–H and O–H groups in total. The van der Waals surface area contributed by atoms with Gasteiger partial charge < -0.3 is 5.32 Å². The number of rotatable bonds is 8. The van der Waals surface area contributed by atoms with E-state index in [-0.39, 0.29) is 23.5 Å². The molecule has 0 bridgehead atoms.